The van der Waals surface area contributed by atoms with Crippen LogP contribution in [0.5, 0.6) is 0 Å². The molecule has 1 N–H and O–H groups in total. The predicted octanol–water partition coefficient (Wildman–Crippen LogP) is 0.672. The Kier molecular flexibility index (Phi) is 3.92. The van der Waals surface area contributed by atoms with Crippen LogP contribution in [-0.4, -0.2) is 36.9 Å². The molecule has 2 rings (SSSR count). The van der Waals surface area contributed by atoms with E-state index in [1.807, 2.05) is 6.07 Å². The summed E-state index contributed by atoms with van der Waals surface area (Å²) in [6.45, 7) is 0.825. The van der Waals surface area contributed by atoms with Crippen LogP contribution in [0.2, 0.25) is 0 Å². The summed E-state index contributed by atoms with van der Waals surface area (Å²) in [7, 11) is 0. The van der Waals surface area contributed by atoms with Crippen molar-refractivity contribution in [3.8, 4) is 6.07 Å². The minimum absolute atomic E-state index is 0.0809. The number of aliphatic hydroxyl groups is 1. The summed E-state index contributed by atoms with van der Waals surface area (Å²) in [4.78, 5) is 13.7. The zero-order chi connectivity index (χ0) is 13.0. The Balaban J connectivity index is 2.21. The van der Waals surface area contributed by atoms with Crippen molar-refractivity contribution in [3.63, 3.8) is 0 Å². The highest BCUT2D eigenvalue weighted by Crippen LogP contribution is 2.21. The average molecular weight is 246 g/mol. The van der Waals surface area contributed by atoms with Crippen LogP contribution in [0.1, 0.15) is 12.0 Å². The molecule has 0 aromatic heterocycles. The zero-order valence-electron chi connectivity index (χ0n) is 9.87. The van der Waals surface area contributed by atoms with E-state index in [9.17, 15) is 4.79 Å². The smallest absolute Gasteiger partial charge is 0.256 e. The van der Waals surface area contributed by atoms with Crippen LogP contribution in [0.4, 0.5) is 5.69 Å². The third-order valence-corrected chi connectivity index (χ3v) is 2.85. The van der Waals surface area contributed by atoms with Crippen LogP contribution < -0.4 is 4.90 Å². The number of amides is 1. The fourth-order valence-electron chi connectivity index (χ4n) is 1.97. The van der Waals surface area contributed by atoms with Crippen molar-refractivity contribution < 1.29 is 14.6 Å². The second kappa shape index (κ2) is 5.63. The molecule has 1 fully saturated rings. The zero-order valence-corrected chi connectivity index (χ0v) is 9.87. The molecule has 0 saturated carbocycles. The average Bonchev–Trinajstić information content (AvgIpc) is 2.41. The van der Waals surface area contributed by atoms with E-state index in [2.05, 4.69) is 0 Å². The van der Waals surface area contributed by atoms with Gasteiger partial charge in [0.1, 0.15) is 6.10 Å². The van der Waals surface area contributed by atoms with Crippen LogP contribution in [0.25, 0.3) is 0 Å². The van der Waals surface area contributed by atoms with Crippen LogP contribution in [-0.2, 0) is 9.53 Å². The highest BCUT2D eigenvalue weighted by molar-refractivity contribution is 5.97. The number of nitriles is 1. The molecule has 0 spiro atoms. The second-order valence-corrected chi connectivity index (χ2v) is 4.02. The number of rotatable bonds is 3. The van der Waals surface area contributed by atoms with Gasteiger partial charge in [0, 0.05) is 25.3 Å². The lowest BCUT2D eigenvalue weighted by atomic mass is 10.1. The minimum Gasteiger partial charge on any atom is -0.396 e. The highest BCUT2D eigenvalue weighted by atomic mass is 16.5. The number of carbonyl (C=O) groups is 1. The van der Waals surface area contributed by atoms with Gasteiger partial charge < -0.3 is 14.7 Å². The van der Waals surface area contributed by atoms with Crippen molar-refractivity contribution in [1.29, 1.82) is 5.26 Å². The molecule has 1 saturated heterocycles. The Morgan fingerprint density at radius 1 is 1.56 bits per heavy atom. The van der Waals surface area contributed by atoms with Crippen LogP contribution in [0, 0.1) is 11.3 Å². The molecule has 0 aliphatic carbocycles. The van der Waals surface area contributed by atoms with Gasteiger partial charge in [0.05, 0.1) is 18.2 Å². The maximum Gasteiger partial charge on any atom is 0.256 e. The molecule has 1 aromatic rings. The minimum atomic E-state index is -0.588. The third kappa shape index (κ3) is 2.50. The molecule has 1 unspecified atom stereocenters. The van der Waals surface area contributed by atoms with E-state index in [1.165, 1.54) is 0 Å². The number of aliphatic hydroxyl groups excluding tert-OH is 1. The molecule has 5 nitrogen and oxygen atoms in total. The van der Waals surface area contributed by atoms with Gasteiger partial charge in [-0.1, -0.05) is 6.07 Å². The molecule has 94 valence electrons. The lowest BCUT2D eigenvalue weighted by Gasteiger charge is -2.32. The van der Waals surface area contributed by atoms with E-state index >= 15 is 0 Å². The van der Waals surface area contributed by atoms with E-state index in [0.29, 0.717) is 30.8 Å². The van der Waals surface area contributed by atoms with E-state index < -0.39 is 6.10 Å². The molecular weight excluding hydrogens is 232 g/mol. The van der Waals surface area contributed by atoms with Crippen molar-refractivity contribution in [1.82, 2.24) is 0 Å². The molecule has 1 aliphatic rings. The first-order valence-corrected chi connectivity index (χ1v) is 5.80. The molecule has 1 aromatic carbocycles. The summed E-state index contributed by atoms with van der Waals surface area (Å²) in [6.07, 6.45) is -0.290. The van der Waals surface area contributed by atoms with Crippen LogP contribution >= 0.6 is 0 Å². The Bertz CT molecular complexity index is 479. The summed E-state index contributed by atoms with van der Waals surface area (Å²) in [5, 5.41) is 17.7. The summed E-state index contributed by atoms with van der Waals surface area (Å²) in [5.41, 5.74) is 1.22. The van der Waals surface area contributed by atoms with Crippen molar-refractivity contribution in [2.75, 3.05) is 24.7 Å². The van der Waals surface area contributed by atoms with Gasteiger partial charge >= 0.3 is 0 Å². The SMILES string of the molecule is N#Cc1cccc(N2CCOC(CCO)C2=O)c1. The highest BCUT2D eigenvalue weighted by Gasteiger charge is 2.30. The quantitative estimate of drug-likeness (QED) is 0.850. The number of hydrogen-bond donors (Lipinski definition) is 1. The van der Waals surface area contributed by atoms with Gasteiger partial charge in [0.15, 0.2) is 0 Å². The van der Waals surface area contributed by atoms with Gasteiger partial charge in [0.25, 0.3) is 5.91 Å². The first kappa shape index (κ1) is 12.6. The molecule has 1 aliphatic heterocycles. The summed E-state index contributed by atoms with van der Waals surface area (Å²) >= 11 is 0. The molecule has 5 heteroatoms. The van der Waals surface area contributed by atoms with Crippen LogP contribution in [0.15, 0.2) is 24.3 Å². The van der Waals surface area contributed by atoms with Gasteiger partial charge in [-0.3, -0.25) is 4.79 Å². The normalized spacial score (nSPS) is 19.7. The number of nitrogens with zero attached hydrogens (tertiary/aromatic N) is 2. The van der Waals surface area contributed by atoms with Crippen LogP contribution in [0.3, 0.4) is 0 Å². The van der Waals surface area contributed by atoms with E-state index in [-0.39, 0.29) is 12.5 Å². The van der Waals surface area contributed by atoms with Gasteiger partial charge in [-0.25, -0.2) is 0 Å². The third-order valence-electron chi connectivity index (χ3n) is 2.85. The van der Waals surface area contributed by atoms with Gasteiger partial charge in [-0.15, -0.1) is 0 Å². The fourth-order valence-corrected chi connectivity index (χ4v) is 1.97. The van der Waals surface area contributed by atoms with Gasteiger partial charge in [-0.05, 0) is 18.2 Å². The Morgan fingerprint density at radius 2 is 2.39 bits per heavy atom. The standard InChI is InChI=1S/C13H14N2O3/c14-9-10-2-1-3-11(8-10)15-5-7-18-12(4-6-16)13(15)17/h1-3,8,12,16H,4-7H2. The number of anilines is 1. The van der Waals surface area contributed by atoms with Gasteiger partial charge in [-0.2, -0.15) is 5.26 Å². The number of morpholine rings is 1. The Hall–Kier alpha value is -1.90. The molecule has 1 atom stereocenters. The summed E-state index contributed by atoms with van der Waals surface area (Å²) in [6, 6.07) is 8.96. The number of benzene rings is 1. The van der Waals surface area contributed by atoms with Crippen molar-refractivity contribution in [3.05, 3.63) is 29.8 Å². The van der Waals surface area contributed by atoms with E-state index in [0.717, 1.165) is 0 Å². The van der Waals surface area contributed by atoms with E-state index in [1.54, 1.807) is 29.2 Å². The lowest BCUT2D eigenvalue weighted by Crippen LogP contribution is -2.48. The maximum absolute atomic E-state index is 12.1. The summed E-state index contributed by atoms with van der Waals surface area (Å²) in [5.74, 6) is -0.162. The number of hydrogen-bond acceptors (Lipinski definition) is 4. The summed E-state index contributed by atoms with van der Waals surface area (Å²) < 4.78 is 5.32. The topological polar surface area (TPSA) is 73.6 Å². The fraction of sp³-hybridized carbons (Fsp3) is 0.385. The van der Waals surface area contributed by atoms with Crippen molar-refractivity contribution >= 4 is 11.6 Å². The largest absolute Gasteiger partial charge is 0.396 e. The Morgan fingerprint density at radius 3 is 3.11 bits per heavy atom. The molecule has 18 heavy (non-hydrogen) atoms. The van der Waals surface area contributed by atoms with Crippen molar-refractivity contribution in [2.24, 2.45) is 0 Å². The maximum atomic E-state index is 12.1. The van der Waals surface area contributed by atoms with E-state index in [4.69, 9.17) is 15.1 Å². The Labute approximate surface area is 105 Å². The molecule has 1 heterocycles. The number of carbonyl (C=O) groups excluding carboxylic acids is 1. The molecule has 0 radical (unpaired) electrons. The molecular formula is C13H14N2O3. The predicted molar refractivity (Wildman–Crippen MR) is 65.0 cm³/mol. The molecule has 1 amide bonds. The van der Waals surface area contributed by atoms with Gasteiger partial charge in [0.2, 0.25) is 0 Å². The molecule has 0 bridgehead atoms. The second-order valence-electron chi connectivity index (χ2n) is 4.02. The van der Waals surface area contributed by atoms with Crippen molar-refractivity contribution in [2.45, 2.75) is 12.5 Å². The monoisotopic (exact) mass is 246 g/mol. The number of ether oxygens (including phenoxy) is 1. The lowest BCUT2D eigenvalue weighted by molar-refractivity contribution is -0.134. The first-order valence-electron chi connectivity index (χ1n) is 5.80. The first-order chi connectivity index (χ1) is 8.76.